The standard InChI is InChI=1S/C25H36O3SSi/c1-19-24(28-30(5,6)25(2,3)4)22(26-18-20-13-9-7-10-14-20)17-23(27-19)29-21-15-11-8-12-16-21/h7-16,19,22-24H,17-18H2,1-6H3/t19-,22+,23+,24-/m1/s1. The van der Waals surface area contributed by atoms with E-state index >= 15 is 0 Å². The molecule has 0 amide bonds. The summed E-state index contributed by atoms with van der Waals surface area (Å²) >= 11 is 1.77. The number of hydrogen-bond acceptors (Lipinski definition) is 4. The normalized spacial score (nSPS) is 25.3. The summed E-state index contributed by atoms with van der Waals surface area (Å²) in [4.78, 5) is 1.22. The summed E-state index contributed by atoms with van der Waals surface area (Å²) in [5.41, 5.74) is 1.25. The van der Waals surface area contributed by atoms with Crippen LogP contribution in [0.2, 0.25) is 18.1 Å². The lowest BCUT2D eigenvalue weighted by Crippen LogP contribution is -2.55. The number of thioether (sulfide) groups is 1. The van der Waals surface area contributed by atoms with E-state index in [0.29, 0.717) is 6.61 Å². The molecule has 30 heavy (non-hydrogen) atoms. The van der Waals surface area contributed by atoms with Gasteiger partial charge in [-0.15, -0.1) is 0 Å². The van der Waals surface area contributed by atoms with Gasteiger partial charge in [0.1, 0.15) is 5.44 Å². The van der Waals surface area contributed by atoms with Crippen molar-refractivity contribution in [2.24, 2.45) is 0 Å². The second-order valence-corrected chi connectivity index (χ2v) is 15.6. The van der Waals surface area contributed by atoms with Gasteiger partial charge in [-0.05, 0) is 42.8 Å². The van der Waals surface area contributed by atoms with Crippen LogP contribution in [-0.2, 0) is 20.5 Å². The fourth-order valence-corrected chi connectivity index (χ4v) is 5.87. The van der Waals surface area contributed by atoms with Crippen molar-refractivity contribution in [1.29, 1.82) is 0 Å². The molecule has 0 bridgehead atoms. The van der Waals surface area contributed by atoms with Crippen LogP contribution in [0.1, 0.15) is 39.7 Å². The van der Waals surface area contributed by atoms with Gasteiger partial charge in [-0.25, -0.2) is 0 Å². The first kappa shape index (κ1) is 23.5. The van der Waals surface area contributed by atoms with Crippen LogP contribution in [0.15, 0.2) is 65.6 Å². The van der Waals surface area contributed by atoms with Gasteiger partial charge in [0.2, 0.25) is 0 Å². The number of rotatable bonds is 7. The summed E-state index contributed by atoms with van der Waals surface area (Å²) in [7, 11) is -1.95. The molecule has 164 valence electrons. The van der Waals surface area contributed by atoms with E-state index in [-0.39, 0.29) is 28.8 Å². The average Bonchev–Trinajstić information content (AvgIpc) is 2.69. The zero-order valence-electron chi connectivity index (χ0n) is 19.1. The minimum absolute atomic E-state index is 0.00398. The summed E-state index contributed by atoms with van der Waals surface area (Å²) in [6, 6.07) is 20.8. The van der Waals surface area contributed by atoms with Crippen molar-refractivity contribution in [3.8, 4) is 0 Å². The zero-order valence-corrected chi connectivity index (χ0v) is 20.9. The molecule has 2 aromatic rings. The van der Waals surface area contributed by atoms with E-state index in [1.54, 1.807) is 11.8 Å². The van der Waals surface area contributed by atoms with E-state index in [9.17, 15) is 0 Å². The molecule has 4 atom stereocenters. The van der Waals surface area contributed by atoms with Crippen molar-refractivity contribution in [1.82, 2.24) is 0 Å². The van der Waals surface area contributed by atoms with Gasteiger partial charge in [-0.2, -0.15) is 0 Å². The van der Waals surface area contributed by atoms with Crippen LogP contribution >= 0.6 is 11.8 Å². The molecule has 3 rings (SSSR count). The lowest BCUT2D eigenvalue weighted by atomic mass is 10.0. The molecule has 3 nitrogen and oxygen atoms in total. The SMILES string of the molecule is C[C@H]1O[C@@H](Sc2ccccc2)C[C@H](OCc2ccccc2)[C@@H]1O[Si](C)(C)C(C)(C)C. The van der Waals surface area contributed by atoms with Gasteiger partial charge in [0.15, 0.2) is 8.32 Å². The fourth-order valence-electron chi connectivity index (χ4n) is 3.35. The third-order valence-corrected chi connectivity index (χ3v) is 11.8. The van der Waals surface area contributed by atoms with Crippen molar-refractivity contribution in [3.05, 3.63) is 66.2 Å². The van der Waals surface area contributed by atoms with Crippen LogP contribution in [0.3, 0.4) is 0 Å². The molecule has 0 aromatic heterocycles. The third-order valence-electron chi connectivity index (χ3n) is 6.17. The van der Waals surface area contributed by atoms with Crippen molar-refractivity contribution in [3.63, 3.8) is 0 Å². The Morgan fingerprint density at radius 3 is 2.20 bits per heavy atom. The monoisotopic (exact) mass is 444 g/mol. The molecule has 2 aromatic carbocycles. The first-order valence-electron chi connectivity index (χ1n) is 10.9. The van der Waals surface area contributed by atoms with Crippen molar-refractivity contribution < 1.29 is 13.9 Å². The van der Waals surface area contributed by atoms with Gasteiger partial charge < -0.3 is 13.9 Å². The van der Waals surface area contributed by atoms with E-state index in [0.717, 1.165) is 6.42 Å². The molecule has 0 spiro atoms. The van der Waals surface area contributed by atoms with Gasteiger partial charge in [0.25, 0.3) is 0 Å². The lowest BCUT2D eigenvalue weighted by Gasteiger charge is -2.46. The van der Waals surface area contributed by atoms with Gasteiger partial charge in [0.05, 0.1) is 24.9 Å². The Balaban J connectivity index is 1.75. The highest BCUT2D eigenvalue weighted by Gasteiger charge is 2.45. The van der Waals surface area contributed by atoms with Crippen molar-refractivity contribution in [2.45, 2.75) is 87.5 Å². The Labute approximate surface area is 187 Å². The largest absolute Gasteiger partial charge is 0.409 e. The summed E-state index contributed by atoms with van der Waals surface area (Å²) in [6.45, 7) is 14.2. The van der Waals surface area contributed by atoms with Crippen LogP contribution in [0.25, 0.3) is 0 Å². The minimum atomic E-state index is -1.95. The highest BCUT2D eigenvalue weighted by molar-refractivity contribution is 7.99. The highest BCUT2D eigenvalue weighted by atomic mass is 32.2. The van der Waals surface area contributed by atoms with Gasteiger partial charge in [-0.3, -0.25) is 0 Å². The average molecular weight is 445 g/mol. The first-order valence-corrected chi connectivity index (χ1v) is 14.6. The maximum atomic E-state index is 6.83. The Bertz CT molecular complexity index is 776. The lowest BCUT2D eigenvalue weighted by molar-refractivity contribution is -0.155. The predicted molar refractivity (Wildman–Crippen MR) is 128 cm³/mol. The van der Waals surface area contributed by atoms with Crippen molar-refractivity contribution >= 4 is 20.1 Å². The third kappa shape index (κ3) is 6.20. The smallest absolute Gasteiger partial charge is 0.192 e. The number of hydrogen-bond donors (Lipinski definition) is 0. The molecule has 0 N–H and O–H groups in total. The van der Waals surface area contributed by atoms with Crippen LogP contribution in [-0.4, -0.2) is 32.1 Å². The maximum Gasteiger partial charge on any atom is 0.192 e. The molecule has 1 aliphatic heterocycles. The van der Waals surface area contributed by atoms with Crippen LogP contribution in [0.4, 0.5) is 0 Å². The van der Waals surface area contributed by atoms with Crippen LogP contribution < -0.4 is 0 Å². The molecular formula is C25H36O3SSi. The van der Waals surface area contributed by atoms with Crippen LogP contribution in [0, 0.1) is 0 Å². The molecular weight excluding hydrogens is 408 g/mol. The summed E-state index contributed by atoms with van der Waals surface area (Å²) in [5, 5.41) is 0.145. The first-order chi connectivity index (χ1) is 14.2. The molecule has 0 radical (unpaired) electrons. The molecule has 1 fully saturated rings. The molecule has 0 unspecified atom stereocenters. The Hall–Kier alpha value is -1.11. The molecule has 0 saturated carbocycles. The van der Waals surface area contributed by atoms with Gasteiger partial charge in [-0.1, -0.05) is 81.1 Å². The van der Waals surface area contributed by atoms with E-state index in [1.807, 2.05) is 12.1 Å². The zero-order chi connectivity index (χ0) is 21.8. The van der Waals surface area contributed by atoms with Crippen molar-refractivity contribution in [2.75, 3.05) is 0 Å². The minimum Gasteiger partial charge on any atom is -0.409 e. The van der Waals surface area contributed by atoms with E-state index in [4.69, 9.17) is 13.9 Å². The Morgan fingerprint density at radius 1 is 1.00 bits per heavy atom. The summed E-state index contributed by atoms with van der Waals surface area (Å²) in [5.74, 6) is 0. The molecule has 1 aliphatic rings. The fraction of sp³-hybridized carbons (Fsp3) is 0.520. The maximum absolute atomic E-state index is 6.83. The number of benzene rings is 2. The highest BCUT2D eigenvalue weighted by Crippen LogP contribution is 2.41. The molecule has 5 heteroatoms. The second-order valence-electron chi connectivity index (χ2n) is 9.62. The van der Waals surface area contributed by atoms with E-state index in [1.165, 1.54) is 10.5 Å². The topological polar surface area (TPSA) is 27.7 Å². The summed E-state index contributed by atoms with van der Waals surface area (Å²) < 4.78 is 19.7. The van der Waals surface area contributed by atoms with Gasteiger partial charge in [0, 0.05) is 11.3 Å². The van der Waals surface area contributed by atoms with Crippen LogP contribution in [0.5, 0.6) is 0 Å². The predicted octanol–water partition coefficient (Wildman–Crippen LogP) is 6.89. The van der Waals surface area contributed by atoms with Gasteiger partial charge >= 0.3 is 0 Å². The molecule has 1 heterocycles. The Morgan fingerprint density at radius 2 is 1.60 bits per heavy atom. The molecule has 0 aliphatic carbocycles. The number of ether oxygens (including phenoxy) is 2. The van der Waals surface area contributed by atoms with E-state index in [2.05, 4.69) is 89.3 Å². The Kier molecular flexibility index (Phi) is 7.85. The quantitative estimate of drug-likeness (QED) is 0.435. The second kappa shape index (κ2) is 10.0. The summed E-state index contributed by atoms with van der Waals surface area (Å²) in [6.07, 6.45) is 0.747. The van der Waals surface area contributed by atoms with E-state index < -0.39 is 8.32 Å². The molecule has 1 saturated heterocycles.